The number of nitrogens with zero attached hydrogens (tertiary/aromatic N) is 2. The molecule has 0 saturated carbocycles. The van der Waals surface area contributed by atoms with Gasteiger partial charge in [0.15, 0.2) is 11.6 Å². The van der Waals surface area contributed by atoms with Crippen LogP contribution in [0.25, 0.3) is 0 Å². The second-order valence-corrected chi connectivity index (χ2v) is 8.36. The van der Waals surface area contributed by atoms with E-state index in [1.54, 1.807) is 4.90 Å². The van der Waals surface area contributed by atoms with Crippen molar-refractivity contribution in [1.29, 1.82) is 0 Å². The molecule has 3 heterocycles. The smallest absolute Gasteiger partial charge is 0.307 e. The van der Waals surface area contributed by atoms with Crippen LogP contribution in [0.5, 0.6) is 0 Å². The Morgan fingerprint density at radius 2 is 1.97 bits per heavy atom. The minimum Gasteiger partial charge on any atom is -0.453 e. The zero-order valence-electron chi connectivity index (χ0n) is 17.6. The van der Waals surface area contributed by atoms with Crippen molar-refractivity contribution in [2.75, 3.05) is 25.2 Å². The molecule has 1 spiro atoms. The summed E-state index contributed by atoms with van der Waals surface area (Å²) in [5, 5.41) is 0. The number of carbonyl (C=O) groups excluding carboxylic acids is 4. The number of rotatable bonds is 6. The second-order valence-electron chi connectivity index (χ2n) is 8.36. The van der Waals surface area contributed by atoms with Gasteiger partial charge in [-0.15, -0.1) is 0 Å². The molecule has 1 aromatic rings. The van der Waals surface area contributed by atoms with Crippen LogP contribution in [-0.4, -0.2) is 66.4 Å². The van der Waals surface area contributed by atoms with Crippen molar-refractivity contribution in [2.24, 2.45) is 5.92 Å². The number of Topliss-reactive ketones (excluding diaryl/α,β-unsaturated/α-hetero) is 1. The van der Waals surface area contributed by atoms with E-state index in [-0.39, 0.29) is 43.6 Å². The van der Waals surface area contributed by atoms with Crippen molar-refractivity contribution in [2.45, 2.75) is 51.3 Å². The first-order chi connectivity index (χ1) is 14.2. The summed E-state index contributed by atoms with van der Waals surface area (Å²) in [5.74, 6) is -2.05. The average molecular weight is 414 g/mol. The molecule has 0 radical (unpaired) electrons. The lowest BCUT2D eigenvalue weighted by atomic mass is 9.80. The Labute approximate surface area is 175 Å². The number of aryl methyl sites for hydroxylation is 1. The largest absolute Gasteiger partial charge is 0.453 e. The number of likely N-dealkylation sites (tertiary alicyclic amines) is 1. The number of benzene rings is 1. The second kappa shape index (κ2) is 7.19. The Bertz CT molecular complexity index is 944. The van der Waals surface area contributed by atoms with Crippen LogP contribution in [0.3, 0.4) is 0 Å². The molecule has 4 rings (SSSR count). The Morgan fingerprint density at radius 3 is 2.63 bits per heavy atom. The van der Waals surface area contributed by atoms with Crippen molar-refractivity contribution in [3.05, 3.63) is 29.3 Å². The van der Waals surface area contributed by atoms with E-state index >= 15 is 0 Å². The number of hydrogen-bond donors (Lipinski definition) is 0. The number of ketones is 1. The molecule has 4 atom stereocenters. The minimum absolute atomic E-state index is 0.0175. The van der Waals surface area contributed by atoms with E-state index in [0.29, 0.717) is 5.69 Å². The van der Waals surface area contributed by atoms with Gasteiger partial charge < -0.3 is 14.4 Å². The molecule has 0 bridgehead atoms. The average Bonchev–Trinajstić information content (AvgIpc) is 3.21. The van der Waals surface area contributed by atoms with Crippen LogP contribution in [0.2, 0.25) is 0 Å². The van der Waals surface area contributed by atoms with Crippen molar-refractivity contribution in [1.82, 2.24) is 4.90 Å². The molecule has 160 valence electrons. The van der Waals surface area contributed by atoms with E-state index in [4.69, 9.17) is 9.47 Å². The van der Waals surface area contributed by atoms with Crippen molar-refractivity contribution < 1.29 is 28.7 Å². The lowest BCUT2D eigenvalue weighted by Gasteiger charge is -2.34. The SMILES string of the molecule is COCCN1C(=O)[C@@H]2N(c3cccc(C)c3C)C(=O)[C@@H]3CC(=O)O[C@@]23[C@@H]1CC(C)=O. The first kappa shape index (κ1) is 20.5. The van der Waals surface area contributed by atoms with Gasteiger partial charge in [0.25, 0.3) is 5.91 Å². The summed E-state index contributed by atoms with van der Waals surface area (Å²) in [6, 6.07) is 3.91. The molecular formula is C22H26N2O6. The van der Waals surface area contributed by atoms with Gasteiger partial charge in [-0.05, 0) is 38.0 Å². The predicted octanol–water partition coefficient (Wildman–Crippen LogP) is 1.16. The van der Waals surface area contributed by atoms with Crippen molar-refractivity contribution in [3.8, 4) is 0 Å². The van der Waals surface area contributed by atoms with E-state index in [1.807, 2.05) is 32.0 Å². The number of anilines is 1. The van der Waals surface area contributed by atoms with Crippen LogP contribution >= 0.6 is 0 Å². The molecule has 0 unspecified atom stereocenters. The number of amides is 2. The molecule has 1 aromatic carbocycles. The summed E-state index contributed by atoms with van der Waals surface area (Å²) >= 11 is 0. The van der Waals surface area contributed by atoms with Crippen LogP contribution in [0, 0.1) is 19.8 Å². The van der Waals surface area contributed by atoms with Gasteiger partial charge in [0.2, 0.25) is 5.91 Å². The number of hydrogen-bond acceptors (Lipinski definition) is 6. The van der Waals surface area contributed by atoms with E-state index < -0.39 is 29.6 Å². The number of carbonyl (C=O) groups is 4. The van der Waals surface area contributed by atoms with Gasteiger partial charge in [-0.3, -0.25) is 24.1 Å². The fraction of sp³-hybridized carbons (Fsp3) is 0.545. The first-order valence-electron chi connectivity index (χ1n) is 10.1. The van der Waals surface area contributed by atoms with Gasteiger partial charge in [0, 0.05) is 25.8 Å². The number of ether oxygens (including phenoxy) is 2. The lowest BCUT2D eigenvalue weighted by Crippen LogP contribution is -2.53. The van der Waals surface area contributed by atoms with Crippen LogP contribution in [0.4, 0.5) is 5.69 Å². The quantitative estimate of drug-likeness (QED) is 0.649. The van der Waals surface area contributed by atoms with Gasteiger partial charge in [-0.2, -0.15) is 0 Å². The number of esters is 1. The van der Waals surface area contributed by atoms with Crippen LogP contribution in [0.1, 0.15) is 30.9 Å². The molecule has 8 heteroatoms. The Balaban J connectivity index is 1.88. The standard InChI is InChI=1S/C22H26N2O6/c1-12-6-5-7-16(14(12)3)24-19-21(28)23(8-9-29-4)17(10-13(2)25)22(19)15(20(24)27)11-18(26)30-22/h5-7,15,17,19H,8-11H2,1-4H3/t15-,17-,19-,22-/m0/s1. The third-order valence-corrected chi connectivity index (χ3v) is 6.69. The Kier molecular flexibility index (Phi) is 4.92. The van der Waals surface area contributed by atoms with Gasteiger partial charge in [0.1, 0.15) is 5.78 Å². The number of methoxy groups -OCH3 is 1. The highest BCUT2D eigenvalue weighted by Crippen LogP contribution is 2.55. The summed E-state index contributed by atoms with van der Waals surface area (Å²) in [7, 11) is 1.53. The third-order valence-electron chi connectivity index (χ3n) is 6.69. The summed E-state index contributed by atoms with van der Waals surface area (Å²) in [4.78, 5) is 54.6. The van der Waals surface area contributed by atoms with E-state index in [0.717, 1.165) is 11.1 Å². The van der Waals surface area contributed by atoms with Gasteiger partial charge in [-0.25, -0.2) is 0 Å². The van der Waals surface area contributed by atoms with E-state index in [9.17, 15) is 19.2 Å². The minimum atomic E-state index is -1.36. The topological polar surface area (TPSA) is 93.2 Å². The van der Waals surface area contributed by atoms with E-state index in [1.165, 1.54) is 18.9 Å². The first-order valence-corrected chi connectivity index (χ1v) is 10.1. The molecule has 3 aliphatic rings. The highest BCUT2D eigenvalue weighted by molar-refractivity contribution is 6.12. The lowest BCUT2D eigenvalue weighted by molar-refractivity contribution is -0.152. The molecule has 0 aromatic heterocycles. The maximum absolute atomic E-state index is 13.6. The summed E-state index contributed by atoms with van der Waals surface area (Å²) in [6.07, 6.45) is -0.0693. The maximum atomic E-state index is 13.6. The fourth-order valence-corrected chi connectivity index (χ4v) is 5.25. The molecule has 2 amide bonds. The maximum Gasteiger partial charge on any atom is 0.307 e. The fourth-order valence-electron chi connectivity index (χ4n) is 5.25. The van der Waals surface area contributed by atoms with Crippen molar-refractivity contribution in [3.63, 3.8) is 0 Å². The molecule has 3 saturated heterocycles. The molecular weight excluding hydrogens is 388 g/mol. The highest BCUT2D eigenvalue weighted by Gasteiger charge is 2.77. The van der Waals surface area contributed by atoms with Gasteiger partial charge >= 0.3 is 5.97 Å². The third kappa shape index (κ3) is 2.70. The summed E-state index contributed by atoms with van der Waals surface area (Å²) in [5.41, 5.74) is 1.16. The molecule has 30 heavy (non-hydrogen) atoms. The zero-order valence-corrected chi connectivity index (χ0v) is 17.6. The van der Waals surface area contributed by atoms with Crippen LogP contribution in [-0.2, 0) is 28.7 Å². The van der Waals surface area contributed by atoms with Crippen LogP contribution in [0.15, 0.2) is 18.2 Å². The molecule has 8 nitrogen and oxygen atoms in total. The normalized spacial score (nSPS) is 30.0. The molecule has 3 aliphatic heterocycles. The highest BCUT2D eigenvalue weighted by atomic mass is 16.6. The van der Waals surface area contributed by atoms with E-state index in [2.05, 4.69) is 0 Å². The summed E-state index contributed by atoms with van der Waals surface area (Å²) < 4.78 is 11.0. The zero-order chi connectivity index (χ0) is 21.8. The van der Waals surface area contributed by atoms with Crippen molar-refractivity contribution >= 4 is 29.3 Å². The molecule has 0 aliphatic carbocycles. The Hall–Kier alpha value is -2.74. The Morgan fingerprint density at radius 1 is 1.23 bits per heavy atom. The van der Waals surface area contributed by atoms with Crippen LogP contribution < -0.4 is 4.90 Å². The van der Waals surface area contributed by atoms with Gasteiger partial charge in [-0.1, -0.05) is 12.1 Å². The molecule has 0 N–H and O–H groups in total. The van der Waals surface area contributed by atoms with Gasteiger partial charge in [0.05, 0.1) is 25.0 Å². The monoisotopic (exact) mass is 414 g/mol. The predicted molar refractivity (Wildman–Crippen MR) is 107 cm³/mol. The summed E-state index contributed by atoms with van der Waals surface area (Å²) in [6.45, 7) is 5.81. The molecule has 3 fully saturated rings.